The zero-order valence-corrected chi connectivity index (χ0v) is 19.4. The Morgan fingerprint density at radius 1 is 1.18 bits per heavy atom. The lowest BCUT2D eigenvalue weighted by molar-refractivity contribution is -0.136. The third-order valence-corrected chi connectivity index (χ3v) is 8.39. The fourth-order valence-corrected chi connectivity index (χ4v) is 7.15. The van der Waals surface area contributed by atoms with Crippen molar-refractivity contribution in [1.82, 2.24) is 20.3 Å². The second-order valence-corrected chi connectivity index (χ2v) is 10.8. The molecule has 3 atom stereocenters. The third-order valence-electron chi connectivity index (χ3n) is 8.39. The molecule has 1 aliphatic heterocycles. The van der Waals surface area contributed by atoms with Gasteiger partial charge < -0.3 is 20.2 Å². The van der Waals surface area contributed by atoms with Crippen LogP contribution in [0.2, 0.25) is 0 Å². The van der Waals surface area contributed by atoms with Crippen LogP contribution in [0.3, 0.4) is 0 Å². The molecule has 1 amide bonds. The van der Waals surface area contributed by atoms with E-state index < -0.39 is 5.60 Å². The molecule has 2 aromatic rings. The fourth-order valence-electron chi connectivity index (χ4n) is 7.15. The van der Waals surface area contributed by atoms with Crippen LogP contribution in [0.1, 0.15) is 49.5 Å². The van der Waals surface area contributed by atoms with Crippen molar-refractivity contribution in [1.29, 1.82) is 0 Å². The minimum atomic E-state index is -0.517. The van der Waals surface area contributed by atoms with E-state index in [0.717, 1.165) is 32.1 Å². The largest absolute Gasteiger partial charge is 0.390 e. The smallest absolute Gasteiger partial charge is 0.270 e. The number of piperazine rings is 1. The average Bonchev–Trinajstić information content (AvgIpc) is 2.80. The number of carbonyl (C=O) groups is 1. The van der Waals surface area contributed by atoms with E-state index in [0.29, 0.717) is 54.7 Å². The van der Waals surface area contributed by atoms with Crippen LogP contribution in [0.25, 0.3) is 0 Å². The van der Waals surface area contributed by atoms with Crippen LogP contribution in [0.15, 0.2) is 30.7 Å². The molecule has 8 nitrogen and oxygen atoms in total. The number of hydrogen-bond acceptors (Lipinski definition) is 7. The Kier molecular flexibility index (Phi) is 5.20. The number of pyridine rings is 1. The highest BCUT2D eigenvalue weighted by Gasteiger charge is 2.55. The van der Waals surface area contributed by atoms with Gasteiger partial charge in [0.1, 0.15) is 5.69 Å². The number of anilines is 2. The van der Waals surface area contributed by atoms with Crippen LogP contribution in [-0.2, 0) is 0 Å². The lowest BCUT2D eigenvalue weighted by atomic mass is 9.52. The number of rotatable bonds is 4. The Balaban J connectivity index is 1.14. The van der Waals surface area contributed by atoms with Gasteiger partial charge in [-0.15, -0.1) is 0 Å². The second kappa shape index (κ2) is 8.15. The van der Waals surface area contributed by atoms with Gasteiger partial charge in [0, 0.05) is 44.1 Å². The van der Waals surface area contributed by atoms with Crippen molar-refractivity contribution in [2.45, 2.75) is 56.7 Å². The maximum atomic E-state index is 14.2. The van der Waals surface area contributed by atoms with Crippen molar-refractivity contribution >= 4 is 17.5 Å². The maximum Gasteiger partial charge on any atom is 0.270 e. The Bertz CT molecular complexity index is 1080. The molecule has 1 saturated heterocycles. The first-order chi connectivity index (χ1) is 16.4. The van der Waals surface area contributed by atoms with Crippen molar-refractivity contribution < 1.29 is 14.3 Å². The number of nitrogens with zero attached hydrogens (tertiary/aromatic N) is 5. The lowest BCUT2D eigenvalue weighted by Crippen LogP contribution is -2.61. The van der Waals surface area contributed by atoms with Crippen LogP contribution in [0.4, 0.5) is 16.0 Å². The molecule has 34 heavy (non-hydrogen) atoms. The average molecular weight is 467 g/mol. The van der Waals surface area contributed by atoms with Crippen LogP contribution in [-0.4, -0.2) is 63.3 Å². The molecule has 3 unspecified atom stereocenters. The van der Waals surface area contributed by atoms with Gasteiger partial charge in [-0.05, 0) is 68.9 Å². The molecule has 180 valence electrons. The number of halogens is 1. The van der Waals surface area contributed by atoms with E-state index in [2.05, 4.69) is 32.1 Å². The summed E-state index contributed by atoms with van der Waals surface area (Å²) in [6, 6.07) is 3.52. The van der Waals surface area contributed by atoms with E-state index in [9.17, 15) is 14.3 Å². The van der Waals surface area contributed by atoms with Crippen molar-refractivity contribution in [2.75, 3.05) is 29.4 Å². The van der Waals surface area contributed by atoms with E-state index in [1.54, 1.807) is 24.5 Å². The number of amides is 1. The van der Waals surface area contributed by atoms with Gasteiger partial charge in [0.15, 0.2) is 5.82 Å². The molecule has 2 N–H and O–H groups in total. The summed E-state index contributed by atoms with van der Waals surface area (Å²) >= 11 is 0. The van der Waals surface area contributed by atoms with E-state index in [4.69, 9.17) is 0 Å². The molecule has 4 bridgehead atoms. The number of nitrogens with one attached hydrogen (secondary N) is 1. The maximum absolute atomic E-state index is 14.2. The summed E-state index contributed by atoms with van der Waals surface area (Å²) in [6.07, 6.45) is 9.18. The first-order valence-corrected chi connectivity index (χ1v) is 12.4. The summed E-state index contributed by atoms with van der Waals surface area (Å²) < 4.78 is 14.2. The first kappa shape index (κ1) is 21.7. The standard InChI is InChI=1S/C25H31FN6O2/c1-15-14-31(21-3-4-27-13-19(21)26)6-7-32(15)24-28-5-2-20(29-24)23(33)30-22-17-8-16-9-18(22)12-25(34,10-16)11-17/h2-5,13,15-18,22,34H,6-12,14H2,1H3,(H,30,33). The van der Waals surface area contributed by atoms with Crippen molar-refractivity contribution in [3.63, 3.8) is 0 Å². The lowest BCUT2D eigenvalue weighted by Gasteiger charge is -2.58. The second-order valence-electron chi connectivity index (χ2n) is 10.8. The molecular weight excluding hydrogens is 435 g/mol. The predicted octanol–water partition coefficient (Wildman–Crippen LogP) is 2.40. The van der Waals surface area contributed by atoms with Crippen LogP contribution in [0, 0.1) is 23.6 Å². The highest BCUT2D eigenvalue weighted by Crippen LogP contribution is 2.55. The zero-order chi connectivity index (χ0) is 23.4. The van der Waals surface area contributed by atoms with Crippen molar-refractivity contribution in [3.05, 3.63) is 42.2 Å². The molecule has 0 spiro atoms. The zero-order valence-electron chi connectivity index (χ0n) is 19.4. The fraction of sp³-hybridized carbons (Fsp3) is 0.600. The third kappa shape index (κ3) is 3.79. The quantitative estimate of drug-likeness (QED) is 0.715. The molecule has 7 rings (SSSR count). The number of aromatic nitrogens is 3. The number of aliphatic hydroxyl groups is 1. The minimum Gasteiger partial charge on any atom is -0.390 e. The summed E-state index contributed by atoms with van der Waals surface area (Å²) in [5.41, 5.74) is 0.403. The number of carbonyl (C=O) groups excluding carboxylic acids is 1. The first-order valence-electron chi connectivity index (χ1n) is 12.4. The van der Waals surface area contributed by atoms with Crippen LogP contribution >= 0.6 is 0 Å². The topological polar surface area (TPSA) is 94.5 Å². The van der Waals surface area contributed by atoms with Crippen LogP contribution in [0.5, 0.6) is 0 Å². The minimum absolute atomic E-state index is 0.0461. The van der Waals surface area contributed by atoms with Crippen molar-refractivity contribution in [2.24, 2.45) is 17.8 Å². The Morgan fingerprint density at radius 2 is 1.97 bits per heavy atom. The van der Waals surface area contributed by atoms with E-state index in [1.807, 2.05) is 4.90 Å². The normalized spacial score (nSPS) is 34.4. The molecule has 9 heteroatoms. The summed E-state index contributed by atoms with van der Waals surface area (Å²) in [5.74, 6) is 1.33. The molecule has 5 fully saturated rings. The predicted molar refractivity (Wildman–Crippen MR) is 125 cm³/mol. The molecular formula is C25H31FN6O2. The highest BCUT2D eigenvalue weighted by atomic mass is 19.1. The molecule has 0 aromatic carbocycles. The van der Waals surface area contributed by atoms with Gasteiger partial charge in [-0.25, -0.2) is 14.4 Å². The van der Waals surface area contributed by atoms with Gasteiger partial charge >= 0.3 is 0 Å². The SMILES string of the molecule is CC1CN(c2ccncc2F)CCN1c1nccc(C(=O)NC2C3CC4CC2CC(O)(C4)C3)n1. The van der Waals surface area contributed by atoms with Gasteiger partial charge in [-0.2, -0.15) is 0 Å². The van der Waals surface area contributed by atoms with Gasteiger partial charge in [-0.1, -0.05) is 0 Å². The summed E-state index contributed by atoms with van der Waals surface area (Å²) in [7, 11) is 0. The van der Waals surface area contributed by atoms with Gasteiger partial charge in [-0.3, -0.25) is 9.78 Å². The summed E-state index contributed by atoms with van der Waals surface area (Å²) in [4.78, 5) is 30.1. The highest BCUT2D eigenvalue weighted by molar-refractivity contribution is 5.92. The Hall–Kier alpha value is -2.81. The summed E-state index contributed by atoms with van der Waals surface area (Å²) in [6.45, 7) is 3.93. The van der Waals surface area contributed by atoms with Gasteiger partial charge in [0.25, 0.3) is 5.91 Å². The molecule has 2 aromatic heterocycles. The van der Waals surface area contributed by atoms with E-state index in [-0.39, 0.29) is 23.8 Å². The van der Waals surface area contributed by atoms with Crippen molar-refractivity contribution in [3.8, 4) is 0 Å². The molecule has 5 aliphatic rings. The van der Waals surface area contributed by atoms with E-state index >= 15 is 0 Å². The van der Waals surface area contributed by atoms with Crippen LogP contribution < -0.4 is 15.1 Å². The van der Waals surface area contributed by atoms with Gasteiger partial charge in [0.2, 0.25) is 5.95 Å². The number of hydrogen-bond donors (Lipinski definition) is 2. The van der Waals surface area contributed by atoms with E-state index in [1.165, 1.54) is 6.20 Å². The molecule has 3 heterocycles. The summed E-state index contributed by atoms with van der Waals surface area (Å²) in [5, 5.41) is 14.1. The molecule has 4 saturated carbocycles. The molecule has 4 aliphatic carbocycles. The van der Waals surface area contributed by atoms with Gasteiger partial charge in [0.05, 0.1) is 17.5 Å². The molecule has 0 radical (unpaired) electrons. The Labute approximate surface area is 198 Å². The Morgan fingerprint density at radius 3 is 2.68 bits per heavy atom. The monoisotopic (exact) mass is 466 g/mol.